The predicted octanol–water partition coefficient (Wildman–Crippen LogP) is 1.49. The van der Waals surface area contributed by atoms with Crippen LogP contribution < -0.4 is 0 Å². The van der Waals surface area contributed by atoms with Gasteiger partial charge in [0, 0.05) is 6.42 Å². The Hall–Kier alpha value is -0.990. The minimum atomic E-state index is 0.0321. The summed E-state index contributed by atoms with van der Waals surface area (Å²) in [5.41, 5.74) is 0. The molecule has 0 spiro atoms. The fourth-order valence-corrected chi connectivity index (χ4v) is 0.986. The lowest BCUT2D eigenvalue weighted by Crippen LogP contribution is -2.16. The zero-order chi connectivity index (χ0) is 8.97. The number of hydrogen-bond donors (Lipinski definition) is 0. The lowest BCUT2D eigenvalue weighted by Gasteiger charge is -2.14. The van der Waals surface area contributed by atoms with E-state index in [2.05, 4.69) is 0 Å². The van der Waals surface area contributed by atoms with Crippen molar-refractivity contribution in [2.75, 3.05) is 13.2 Å². The van der Waals surface area contributed by atoms with Crippen molar-refractivity contribution >= 4 is 5.78 Å². The Labute approximate surface area is 72.4 Å². The second kappa shape index (κ2) is 4.14. The van der Waals surface area contributed by atoms with Gasteiger partial charge < -0.3 is 9.47 Å². The molecule has 0 aromatic heterocycles. The SMILES string of the molecule is CC(C)CC(=O)C1=COCCO1. The van der Waals surface area contributed by atoms with Gasteiger partial charge in [-0.25, -0.2) is 0 Å². The molecule has 0 amide bonds. The number of hydrogen-bond acceptors (Lipinski definition) is 3. The molecule has 0 unspecified atom stereocenters. The molecule has 3 heteroatoms. The highest BCUT2D eigenvalue weighted by molar-refractivity contribution is 5.93. The largest absolute Gasteiger partial charge is 0.494 e. The van der Waals surface area contributed by atoms with Crippen molar-refractivity contribution in [3.8, 4) is 0 Å². The number of allylic oxidation sites excluding steroid dienone is 1. The summed E-state index contributed by atoms with van der Waals surface area (Å²) in [6, 6.07) is 0. The number of carbonyl (C=O) groups excluding carboxylic acids is 1. The molecule has 0 radical (unpaired) electrons. The summed E-state index contributed by atoms with van der Waals surface area (Å²) >= 11 is 0. The maximum absolute atomic E-state index is 11.3. The van der Waals surface area contributed by atoms with Gasteiger partial charge in [-0.1, -0.05) is 13.8 Å². The van der Waals surface area contributed by atoms with E-state index in [1.54, 1.807) is 0 Å². The van der Waals surface area contributed by atoms with Crippen LogP contribution in [0.1, 0.15) is 20.3 Å². The van der Waals surface area contributed by atoms with E-state index in [1.165, 1.54) is 6.26 Å². The van der Waals surface area contributed by atoms with E-state index in [0.717, 1.165) is 0 Å². The Morgan fingerprint density at radius 2 is 2.33 bits per heavy atom. The summed E-state index contributed by atoms with van der Waals surface area (Å²) in [6.45, 7) is 5.03. The monoisotopic (exact) mass is 170 g/mol. The second-order valence-electron chi connectivity index (χ2n) is 3.22. The average molecular weight is 170 g/mol. The summed E-state index contributed by atoms with van der Waals surface area (Å²) in [6.07, 6.45) is 1.93. The lowest BCUT2D eigenvalue weighted by atomic mass is 10.1. The first-order valence-electron chi connectivity index (χ1n) is 4.18. The van der Waals surface area contributed by atoms with Crippen LogP contribution in [-0.2, 0) is 14.3 Å². The Morgan fingerprint density at radius 3 is 2.83 bits per heavy atom. The first-order valence-corrected chi connectivity index (χ1v) is 4.18. The summed E-state index contributed by atoms with van der Waals surface area (Å²) in [4.78, 5) is 11.3. The van der Waals surface area contributed by atoms with Gasteiger partial charge in [0.2, 0.25) is 5.78 Å². The molecule has 0 aromatic rings. The highest BCUT2D eigenvalue weighted by Gasteiger charge is 2.15. The van der Waals surface area contributed by atoms with Crippen molar-refractivity contribution < 1.29 is 14.3 Å². The standard InChI is InChI=1S/C9H14O3/c1-7(2)5-8(10)9-6-11-3-4-12-9/h6-7H,3-5H2,1-2H3. The van der Waals surface area contributed by atoms with Crippen LogP contribution in [0.3, 0.4) is 0 Å². The molecule has 1 heterocycles. The summed E-state index contributed by atoms with van der Waals surface area (Å²) in [5, 5.41) is 0. The Balaban J connectivity index is 2.45. The molecule has 0 aliphatic carbocycles. The molecule has 1 aliphatic rings. The van der Waals surface area contributed by atoms with Crippen LogP contribution in [0.25, 0.3) is 0 Å². The topological polar surface area (TPSA) is 35.5 Å². The van der Waals surface area contributed by atoms with Crippen molar-refractivity contribution in [3.05, 3.63) is 12.0 Å². The molecule has 12 heavy (non-hydrogen) atoms. The van der Waals surface area contributed by atoms with Crippen molar-refractivity contribution in [1.29, 1.82) is 0 Å². The predicted molar refractivity (Wildman–Crippen MR) is 44.4 cm³/mol. The molecule has 0 bridgehead atoms. The molecule has 68 valence electrons. The van der Waals surface area contributed by atoms with Crippen molar-refractivity contribution in [1.82, 2.24) is 0 Å². The molecule has 0 saturated heterocycles. The lowest BCUT2D eigenvalue weighted by molar-refractivity contribution is -0.120. The zero-order valence-electron chi connectivity index (χ0n) is 7.50. The summed E-state index contributed by atoms with van der Waals surface area (Å²) in [7, 11) is 0. The van der Waals surface area contributed by atoms with Crippen LogP contribution in [0.4, 0.5) is 0 Å². The van der Waals surface area contributed by atoms with Crippen LogP contribution in [-0.4, -0.2) is 19.0 Å². The number of Topliss-reactive ketones (excluding diaryl/α,β-unsaturated/α-hetero) is 1. The highest BCUT2D eigenvalue weighted by atomic mass is 16.6. The van der Waals surface area contributed by atoms with Gasteiger partial charge in [-0.15, -0.1) is 0 Å². The van der Waals surface area contributed by atoms with E-state index in [4.69, 9.17) is 9.47 Å². The van der Waals surface area contributed by atoms with Crippen molar-refractivity contribution in [3.63, 3.8) is 0 Å². The van der Waals surface area contributed by atoms with Gasteiger partial charge in [0.25, 0.3) is 0 Å². The third kappa shape index (κ3) is 2.57. The number of rotatable bonds is 3. The Bertz CT molecular complexity index is 194. The first kappa shape index (κ1) is 9.10. The maximum Gasteiger partial charge on any atom is 0.200 e. The summed E-state index contributed by atoms with van der Waals surface area (Å²) in [5.74, 6) is 0.767. The highest BCUT2D eigenvalue weighted by Crippen LogP contribution is 2.11. The second-order valence-corrected chi connectivity index (χ2v) is 3.22. The minimum Gasteiger partial charge on any atom is -0.494 e. The van der Waals surface area contributed by atoms with Gasteiger partial charge in [-0.2, -0.15) is 0 Å². The molecule has 3 nitrogen and oxygen atoms in total. The van der Waals surface area contributed by atoms with Gasteiger partial charge in [0.15, 0.2) is 5.76 Å². The first-order chi connectivity index (χ1) is 5.70. The van der Waals surface area contributed by atoms with Crippen molar-refractivity contribution in [2.24, 2.45) is 5.92 Å². The van der Waals surface area contributed by atoms with Crippen LogP contribution in [0.15, 0.2) is 12.0 Å². The van der Waals surface area contributed by atoms with Gasteiger partial charge >= 0.3 is 0 Å². The van der Waals surface area contributed by atoms with Crippen LogP contribution in [0.2, 0.25) is 0 Å². The molecule has 0 N–H and O–H groups in total. The molecule has 0 saturated carbocycles. The normalized spacial score (nSPS) is 16.4. The number of carbonyl (C=O) groups is 1. The molecule has 0 fully saturated rings. The zero-order valence-corrected chi connectivity index (χ0v) is 7.50. The number of ether oxygens (including phenoxy) is 2. The van der Waals surface area contributed by atoms with E-state index in [0.29, 0.717) is 31.3 Å². The number of ketones is 1. The summed E-state index contributed by atoms with van der Waals surface area (Å²) < 4.78 is 10.1. The van der Waals surface area contributed by atoms with Crippen LogP contribution in [0, 0.1) is 5.92 Å². The van der Waals surface area contributed by atoms with E-state index in [1.807, 2.05) is 13.8 Å². The van der Waals surface area contributed by atoms with Gasteiger partial charge in [-0.3, -0.25) is 4.79 Å². The molecule has 1 aliphatic heterocycles. The fraction of sp³-hybridized carbons (Fsp3) is 0.667. The maximum atomic E-state index is 11.3. The van der Waals surface area contributed by atoms with Crippen molar-refractivity contribution in [2.45, 2.75) is 20.3 Å². The van der Waals surface area contributed by atoms with E-state index < -0.39 is 0 Å². The van der Waals surface area contributed by atoms with E-state index in [-0.39, 0.29) is 5.78 Å². The molecular formula is C9H14O3. The van der Waals surface area contributed by atoms with Crippen LogP contribution >= 0.6 is 0 Å². The average Bonchev–Trinajstić information content (AvgIpc) is 2.05. The van der Waals surface area contributed by atoms with Gasteiger partial charge in [0.05, 0.1) is 0 Å². The molecule has 0 aromatic carbocycles. The van der Waals surface area contributed by atoms with Crippen LogP contribution in [0.5, 0.6) is 0 Å². The molecule has 0 atom stereocenters. The van der Waals surface area contributed by atoms with E-state index in [9.17, 15) is 4.79 Å². The Kier molecular flexibility index (Phi) is 3.14. The van der Waals surface area contributed by atoms with E-state index >= 15 is 0 Å². The van der Waals surface area contributed by atoms with Gasteiger partial charge in [0.1, 0.15) is 19.5 Å². The third-order valence-corrected chi connectivity index (χ3v) is 1.52. The Morgan fingerprint density at radius 1 is 1.58 bits per heavy atom. The van der Waals surface area contributed by atoms with Gasteiger partial charge in [-0.05, 0) is 5.92 Å². The smallest absolute Gasteiger partial charge is 0.200 e. The fourth-order valence-electron chi connectivity index (χ4n) is 0.986. The quantitative estimate of drug-likeness (QED) is 0.643. The third-order valence-electron chi connectivity index (χ3n) is 1.52. The molecule has 1 rings (SSSR count). The molecular weight excluding hydrogens is 156 g/mol. The minimum absolute atomic E-state index is 0.0321.